The predicted octanol–water partition coefficient (Wildman–Crippen LogP) is 1.47. The minimum absolute atomic E-state index is 0.738. The summed E-state index contributed by atoms with van der Waals surface area (Å²) >= 11 is 0. The summed E-state index contributed by atoms with van der Waals surface area (Å²) in [5.41, 5.74) is 1.02. The van der Waals surface area contributed by atoms with Gasteiger partial charge in [-0.05, 0) is 43.3 Å². The van der Waals surface area contributed by atoms with Gasteiger partial charge in [0.25, 0.3) is 0 Å². The third kappa shape index (κ3) is 0.870. The molecule has 2 atom stereocenters. The van der Waals surface area contributed by atoms with Crippen molar-refractivity contribution in [2.75, 3.05) is 13.1 Å². The minimum Gasteiger partial charge on any atom is -0.316 e. The standard InChI is InChI=1S/C8H12FN/c9-3-6-1-7-4-10-5-8(7)2-6/h3,7-8,10H,1-2,4-5H2/t7-,8+. The Bertz CT molecular complexity index is 151. The molecule has 2 fully saturated rings. The van der Waals surface area contributed by atoms with Crippen molar-refractivity contribution in [2.24, 2.45) is 11.8 Å². The van der Waals surface area contributed by atoms with Gasteiger partial charge in [0, 0.05) is 0 Å². The molecule has 1 N–H and O–H groups in total. The first-order valence-electron chi connectivity index (χ1n) is 3.89. The van der Waals surface area contributed by atoms with Gasteiger partial charge in [-0.15, -0.1) is 0 Å². The van der Waals surface area contributed by atoms with Crippen LogP contribution in [0.5, 0.6) is 0 Å². The van der Waals surface area contributed by atoms with Crippen LogP contribution in [0.2, 0.25) is 0 Å². The molecule has 0 aromatic carbocycles. The molecule has 1 saturated carbocycles. The number of rotatable bonds is 0. The van der Waals surface area contributed by atoms with Crippen molar-refractivity contribution in [3.8, 4) is 0 Å². The van der Waals surface area contributed by atoms with Gasteiger partial charge in [-0.1, -0.05) is 0 Å². The fraction of sp³-hybridized carbons (Fsp3) is 0.750. The topological polar surface area (TPSA) is 12.0 Å². The Balaban J connectivity index is 2.07. The summed E-state index contributed by atoms with van der Waals surface area (Å²) in [7, 11) is 0. The molecule has 2 rings (SSSR count). The highest BCUT2D eigenvalue weighted by molar-refractivity contribution is 5.10. The van der Waals surface area contributed by atoms with Crippen molar-refractivity contribution in [3.63, 3.8) is 0 Å². The summed E-state index contributed by atoms with van der Waals surface area (Å²) < 4.78 is 12.0. The van der Waals surface area contributed by atoms with E-state index in [9.17, 15) is 4.39 Å². The summed E-state index contributed by atoms with van der Waals surface area (Å²) in [6.45, 7) is 2.20. The van der Waals surface area contributed by atoms with Crippen LogP contribution in [-0.2, 0) is 0 Å². The second-order valence-corrected chi connectivity index (χ2v) is 3.35. The summed E-state index contributed by atoms with van der Waals surface area (Å²) in [5, 5.41) is 3.32. The van der Waals surface area contributed by atoms with Crippen LogP contribution in [0.1, 0.15) is 12.8 Å². The van der Waals surface area contributed by atoms with Gasteiger partial charge in [-0.3, -0.25) is 0 Å². The van der Waals surface area contributed by atoms with E-state index in [1.807, 2.05) is 0 Å². The van der Waals surface area contributed by atoms with Crippen molar-refractivity contribution in [2.45, 2.75) is 12.8 Å². The summed E-state index contributed by atoms with van der Waals surface area (Å²) in [6.07, 6.45) is 2.79. The van der Waals surface area contributed by atoms with Gasteiger partial charge >= 0.3 is 0 Å². The molecule has 10 heavy (non-hydrogen) atoms. The quantitative estimate of drug-likeness (QED) is 0.538. The first kappa shape index (κ1) is 6.35. The van der Waals surface area contributed by atoms with Gasteiger partial charge in [0.2, 0.25) is 0 Å². The van der Waals surface area contributed by atoms with Crippen LogP contribution in [0.4, 0.5) is 4.39 Å². The molecule has 2 aliphatic rings. The Morgan fingerprint density at radius 1 is 1.30 bits per heavy atom. The van der Waals surface area contributed by atoms with Crippen molar-refractivity contribution >= 4 is 0 Å². The second-order valence-electron chi connectivity index (χ2n) is 3.35. The minimum atomic E-state index is 0.738. The van der Waals surface area contributed by atoms with Crippen LogP contribution < -0.4 is 5.32 Å². The number of nitrogens with one attached hydrogen (secondary N) is 1. The molecular weight excluding hydrogens is 129 g/mol. The molecule has 0 unspecified atom stereocenters. The van der Waals surface area contributed by atoms with Crippen LogP contribution in [0, 0.1) is 11.8 Å². The van der Waals surface area contributed by atoms with Gasteiger partial charge < -0.3 is 5.32 Å². The Morgan fingerprint density at radius 3 is 2.40 bits per heavy atom. The lowest BCUT2D eigenvalue weighted by atomic mass is 10.0. The van der Waals surface area contributed by atoms with E-state index in [-0.39, 0.29) is 0 Å². The third-order valence-electron chi connectivity index (χ3n) is 2.68. The molecule has 0 bridgehead atoms. The smallest absolute Gasteiger partial charge is 0.0859 e. The summed E-state index contributed by atoms with van der Waals surface area (Å²) in [6, 6.07) is 0. The fourth-order valence-electron chi connectivity index (χ4n) is 2.11. The molecular formula is C8H12FN. The average Bonchev–Trinajstić information content (AvgIpc) is 2.42. The molecule has 0 amide bonds. The Hall–Kier alpha value is -0.370. The highest BCUT2D eigenvalue weighted by Gasteiger charge is 2.33. The van der Waals surface area contributed by atoms with E-state index < -0.39 is 0 Å². The zero-order valence-electron chi connectivity index (χ0n) is 5.94. The van der Waals surface area contributed by atoms with Crippen LogP contribution in [-0.4, -0.2) is 13.1 Å². The molecule has 0 aromatic heterocycles. The maximum Gasteiger partial charge on any atom is 0.0859 e. The van der Waals surface area contributed by atoms with Crippen LogP contribution in [0.3, 0.4) is 0 Å². The number of allylic oxidation sites excluding steroid dienone is 1. The van der Waals surface area contributed by atoms with Crippen molar-refractivity contribution in [3.05, 3.63) is 11.9 Å². The van der Waals surface area contributed by atoms with Crippen molar-refractivity contribution < 1.29 is 4.39 Å². The summed E-state index contributed by atoms with van der Waals surface area (Å²) in [4.78, 5) is 0. The van der Waals surface area contributed by atoms with E-state index in [2.05, 4.69) is 5.32 Å². The molecule has 1 aliphatic carbocycles. The average molecular weight is 141 g/mol. The molecule has 1 nitrogen and oxygen atoms in total. The van der Waals surface area contributed by atoms with E-state index in [0.717, 1.165) is 49.7 Å². The van der Waals surface area contributed by atoms with Gasteiger partial charge in [0.05, 0.1) is 6.33 Å². The number of hydrogen-bond acceptors (Lipinski definition) is 1. The maximum atomic E-state index is 12.0. The second kappa shape index (κ2) is 2.35. The molecule has 2 heteroatoms. The molecule has 0 radical (unpaired) electrons. The monoisotopic (exact) mass is 141 g/mol. The zero-order valence-corrected chi connectivity index (χ0v) is 5.94. The lowest BCUT2D eigenvalue weighted by molar-refractivity contribution is 0.494. The Morgan fingerprint density at radius 2 is 1.90 bits per heavy atom. The van der Waals surface area contributed by atoms with E-state index >= 15 is 0 Å². The molecule has 0 spiro atoms. The summed E-state index contributed by atoms with van der Waals surface area (Å²) in [5.74, 6) is 1.48. The molecule has 56 valence electrons. The SMILES string of the molecule is FC=C1C[C@H]2CNC[C@H]2C1. The normalized spacial score (nSPS) is 42.7. The van der Waals surface area contributed by atoms with Gasteiger partial charge in [-0.2, -0.15) is 0 Å². The van der Waals surface area contributed by atoms with Crippen LogP contribution in [0.15, 0.2) is 11.9 Å². The lowest BCUT2D eigenvalue weighted by Gasteiger charge is -2.02. The van der Waals surface area contributed by atoms with Crippen molar-refractivity contribution in [1.29, 1.82) is 0 Å². The number of halogens is 1. The number of hydrogen-bond donors (Lipinski definition) is 1. The lowest BCUT2D eigenvalue weighted by Crippen LogP contribution is -2.09. The van der Waals surface area contributed by atoms with Gasteiger partial charge in [0.15, 0.2) is 0 Å². The van der Waals surface area contributed by atoms with Crippen LogP contribution >= 0.6 is 0 Å². The predicted molar refractivity (Wildman–Crippen MR) is 38.3 cm³/mol. The van der Waals surface area contributed by atoms with E-state index in [4.69, 9.17) is 0 Å². The molecule has 1 aliphatic heterocycles. The van der Waals surface area contributed by atoms with Gasteiger partial charge in [-0.25, -0.2) is 4.39 Å². The largest absolute Gasteiger partial charge is 0.316 e. The highest BCUT2D eigenvalue weighted by Crippen LogP contribution is 2.37. The number of fused-ring (bicyclic) bond motifs is 1. The Kier molecular flexibility index (Phi) is 1.49. The maximum absolute atomic E-state index is 12.0. The van der Waals surface area contributed by atoms with Crippen LogP contribution in [0.25, 0.3) is 0 Å². The van der Waals surface area contributed by atoms with Gasteiger partial charge in [0.1, 0.15) is 0 Å². The first-order chi connectivity index (χ1) is 4.90. The first-order valence-corrected chi connectivity index (χ1v) is 3.89. The fourth-order valence-corrected chi connectivity index (χ4v) is 2.11. The molecule has 1 heterocycles. The van der Waals surface area contributed by atoms with Crippen molar-refractivity contribution in [1.82, 2.24) is 5.32 Å². The van der Waals surface area contributed by atoms with E-state index in [1.54, 1.807) is 0 Å². The molecule has 0 aromatic rings. The van der Waals surface area contributed by atoms with E-state index in [1.165, 1.54) is 0 Å². The zero-order chi connectivity index (χ0) is 6.97. The third-order valence-corrected chi connectivity index (χ3v) is 2.68. The molecule has 1 saturated heterocycles. The highest BCUT2D eigenvalue weighted by atomic mass is 19.1. The Labute approximate surface area is 60.3 Å². The van der Waals surface area contributed by atoms with E-state index in [0.29, 0.717) is 0 Å².